The maximum absolute atomic E-state index is 9.28. The number of aliphatic hydroxyl groups excluding tert-OH is 1. The molecule has 0 aromatic heterocycles. The fourth-order valence-electron chi connectivity index (χ4n) is 1.18. The predicted molar refractivity (Wildman–Crippen MR) is 66.7 cm³/mol. The van der Waals surface area contributed by atoms with Gasteiger partial charge in [0.2, 0.25) is 0 Å². The molecule has 5 heteroatoms. The largest absolute Gasteiger partial charge is 0.491 e. The van der Waals surface area contributed by atoms with E-state index in [-0.39, 0.29) is 0 Å². The van der Waals surface area contributed by atoms with Crippen LogP contribution in [0, 0.1) is 12.3 Å². The SMILES string of the molecule is C#CC(O)Nc1cc(OCCOC)ccc1N. The Balaban J connectivity index is 2.69. The number of nitrogen functional groups attached to an aromatic ring is 1. The lowest BCUT2D eigenvalue weighted by molar-refractivity contribution is 0.146. The number of aliphatic hydroxyl groups is 1. The topological polar surface area (TPSA) is 76.7 Å². The summed E-state index contributed by atoms with van der Waals surface area (Å²) in [5.41, 5.74) is 6.74. The number of nitrogens with two attached hydrogens (primary N) is 1. The van der Waals surface area contributed by atoms with E-state index in [1.54, 1.807) is 25.3 Å². The Kier molecular flexibility index (Phi) is 5.14. The number of anilines is 2. The molecule has 5 nitrogen and oxygen atoms in total. The number of nitrogens with one attached hydrogen (secondary N) is 1. The summed E-state index contributed by atoms with van der Waals surface area (Å²) in [7, 11) is 1.60. The molecule has 1 aromatic rings. The fraction of sp³-hybridized carbons (Fsp3) is 0.333. The zero-order valence-electron chi connectivity index (χ0n) is 9.64. The van der Waals surface area contributed by atoms with E-state index in [4.69, 9.17) is 21.6 Å². The molecule has 0 spiro atoms. The molecule has 0 heterocycles. The molecule has 0 aliphatic carbocycles. The minimum atomic E-state index is -1.08. The number of rotatable bonds is 6. The van der Waals surface area contributed by atoms with Gasteiger partial charge >= 0.3 is 0 Å². The molecule has 0 aliphatic heterocycles. The molecule has 92 valence electrons. The van der Waals surface area contributed by atoms with Crippen LogP contribution in [-0.4, -0.2) is 31.7 Å². The molecule has 1 aromatic carbocycles. The highest BCUT2D eigenvalue weighted by Gasteiger charge is 2.05. The summed E-state index contributed by atoms with van der Waals surface area (Å²) >= 11 is 0. The lowest BCUT2D eigenvalue weighted by Gasteiger charge is -2.13. The molecular weight excluding hydrogens is 220 g/mol. The van der Waals surface area contributed by atoms with E-state index < -0.39 is 6.23 Å². The van der Waals surface area contributed by atoms with Gasteiger partial charge in [-0.3, -0.25) is 0 Å². The summed E-state index contributed by atoms with van der Waals surface area (Å²) < 4.78 is 10.3. The van der Waals surface area contributed by atoms with Crippen LogP contribution >= 0.6 is 0 Å². The highest BCUT2D eigenvalue weighted by atomic mass is 16.5. The summed E-state index contributed by atoms with van der Waals surface area (Å²) in [6.45, 7) is 0.942. The lowest BCUT2D eigenvalue weighted by Crippen LogP contribution is -2.16. The van der Waals surface area contributed by atoms with Crippen LogP contribution in [0.3, 0.4) is 0 Å². The average Bonchev–Trinajstić information content (AvgIpc) is 2.33. The highest BCUT2D eigenvalue weighted by Crippen LogP contribution is 2.24. The van der Waals surface area contributed by atoms with Crippen molar-refractivity contribution in [2.45, 2.75) is 6.23 Å². The normalized spacial score (nSPS) is 11.6. The number of hydrogen-bond acceptors (Lipinski definition) is 5. The van der Waals surface area contributed by atoms with Crippen molar-refractivity contribution < 1.29 is 14.6 Å². The minimum Gasteiger partial charge on any atom is -0.491 e. The predicted octanol–water partition coefficient (Wildman–Crippen LogP) is 0.657. The van der Waals surface area contributed by atoms with Gasteiger partial charge in [0.15, 0.2) is 6.23 Å². The van der Waals surface area contributed by atoms with Gasteiger partial charge < -0.3 is 25.6 Å². The molecule has 1 atom stereocenters. The first-order valence-electron chi connectivity index (χ1n) is 5.09. The second-order valence-corrected chi connectivity index (χ2v) is 3.30. The summed E-state index contributed by atoms with van der Waals surface area (Å²) in [5.74, 6) is 2.77. The van der Waals surface area contributed by atoms with Crippen molar-refractivity contribution >= 4 is 11.4 Å². The van der Waals surface area contributed by atoms with Gasteiger partial charge in [0.25, 0.3) is 0 Å². The number of ether oxygens (including phenoxy) is 2. The zero-order valence-corrected chi connectivity index (χ0v) is 9.64. The van der Waals surface area contributed by atoms with Crippen LogP contribution in [-0.2, 0) is 4.74 Å². The molecule has 0 radical (unpaired) electrons. The molecule has 0 saturated carbocycles. The van der Waals surface area contributed by atoms with Crippen LogP contribution in [0.2, 0.25) is 0 Å². The first-order chi connectivity index (χ1) is 8.17. The third kappa shape index (κ3) is 4.23. The van der Waals surface area contributed by atoms with E-state index >= 15 is 0 Å². The molecule has 0 bridgehead atoms. The van der Waals surface area contributed by atoms with Crippen molar-refractivity contribution in [1.29, 1.82) is 0 Å². The minimum absolute atomic E-state index is 0.442. The van der Waals surface area contributed by atoms with E-state index in [1.165, 1.54) is 0 Å². The smallest absolute Gasteiger partial charge is 0.188 e. The fourth-order valence-corrected chi connectivity index (χ4v) is 1.18. The standard InChI is InChI=1S/C12H16N2O3/c1-3-12(15)14-11-8-9(4-5-10(11)13)17-7-6-16-2/h1,4-5,8,12,14-15H,6-7,13H2,2H3. The van der Waals surface area contributed by atoms with Crippen LogP contribution in [0.5, 0.6) is 5.75 Å². The Hall–Kier alpha value is -1.90. The lowest BCUT2D eigenvalue weighted by atomic mass is 10.2. The molecule has 1 rings (SSSR count). The number of hydrogen-bond donors (Lipinski definition) is 3. The Bertz CT molecular complexity index is 401. The van der Waals surface area contributed by atoms with Gasteiger partial charge in [-0.05, 0) is 12.1 Å². The summed E-state index contributed by atoms with van der Waals surface area (Å²) in [4.78, 5) is 0. The Morgan fingerprint density at radius 3 is 2.94 bits per heavy atom. The molecule has 0 saturated heterocycles. The Labute approximate surface area is 101 Å². The molecule has 0 aliphatic rings. The van der Waals surface area contributed by atoms with Crippen LogP contribution in [0.4, 0.5) is 11.4 Å². The van der Waals surface area contributed by atoms with Crippen molar-refractivity contribution in [2.75, 3.05) is 31.4 Å². The van der Waals surface area contributed by atoms with Gasteiger partial charge in [-0.2, -0.15) is 0 Å². The van der Waals surface area contributed by atoms with Crippen molar-refractivity contribution in [2.24, 2.45) is 0 Å². The van der Waals surface area contributed by atoms with Gasteiger partial charge in [-0.15, -0.1) is 6.42 Å². The first-order valence-corrected chi connectivity index (χ1v) is 5.09. The number of methoxy groups -OCH3 is 1. The molecule has 17 heavy (non-hydrogen) atoms. The second-order valence-electron chi connectivity index (χ2n) is 3.30. The third-order valence-electron chi connectivity index (χ3n) is 2.03. The van der Waals surface area contributed by atoms with E-state index in [9.17, 15) is 5.11 Å². The van der Waals surface area contributed by atoms with Gasteiger partial charge in [-0.25, -0.2) is 0 Å². The molecular formula is C12H16N2O3. The van der Waals surface area contributed by atoms with Gasteiger partial charge in [0.05, 0.1) is 18.0 Å². The van der Waals surface area contributed by atoms with Crippen LogP contribution in [0.15, 0.2) is 18.2 Å². The summed E-state index contributed by atoms with van der Waals surface area (Å²) in [6, 6.07) is 5.08. The van der Waals surface area contributed by atoms with Gasteiger partial charge in [-0.1, -0.05) is 5.92 Å². The van der Waals surface area contributed by atoms with Gasteiger partial charge in [0, 0.05) is 13.2 Å². The van der Waals surface area contributed by atoms with Crippen LogP contribution in [0.25, 0.3) is 0 Å². The van der Waals surface area contributed by atoms with Crippen LogP contribution in [0.1, 0.15) is 0 Å². The van der Waals surface area contributed by atoms with Crippen molar-refractivity contribution in [3.05, 3.63) is 18.2 Å². The maximum Gasteiger partial charge on any atom is 0.188 e. The zero-order chi connectivity index (χ0) is 12.7. The molecule has 1 unspecified atom stereocenters. The van der Waals surface area contributed by atoms with E-state index in [2.05, 4.69) is 11.2 Å². The average molecular weight is 236 g/mol. The molecule has 4 N–H and O–H groups in total. The third-order valence-corrected chi connectivity index (χ3v) is 2.03. The Morgan fingerprint density at radius 1 is 1.53 bits per heavy atom. The van der Waals surface area contributed by atoms with E-state index in [0.29, 0.717) is 30.3 Å². The highest BCUT2D eigenvalue weighted by molar-refractivity contribution is 5.68. The second kappa shape index (κ2) is 6.63. The number of benzene rings is 1. The summed E-state index contributed by atoms with van der Waals surface area (Å²) in [5, 5.41) is 12.0. The first kappa shape index (κ1) is 13.2. The quantitative estimate of drug-likeness (QED) is 0.293. The van der Waals surface area contributed by atoms with E-state index in [0.717, 1.165) is 0 Å². The van der Waals surface area contributed by atoms with Crippen molar-refractivity contribution in [1.82, 2.24) is 0 Å². The number of terminal acetylenes is 1. The van der Waals surface area contributed by atoms with Crippen LogP contribution < -0.4 is 15.8 Å². The monoisotopic (exact) mass is 236 g/mol. The Morgan fingerprint density at radius 2 is 2.29 bits per heavy atom. The molecule has 0 fully saturated rings. The van der Waals surface area contributed by atoms with E-state index in [1.807, 2.05) is 0 Å². The molecule has 0 amide bonds. The summed E-state index contributed by atoms with van der Waals surface area (Å²) in [6.07, 6.45) is 3.98. The maximum atomic E-state index is 9.28. The van der Waals surface area contributed by atoms with Crippen molar-refractivity contribution in [3.8, 4) is 18.1 Å². The van der Waals surface area contributed by atoms with Gasteiger partial charge in [0.1, 0.15) is 12.4 Å². The van der Waals surface area contributed by atoms with Crippen molar-refractivity contribution in [3.63, 3.8) is 0 Å².